The molecule has 0 amide bonds. The van der Waals surface area contributed by atoms with Crippen molar-refractivity contribution in [3.63, 3.8) is 0 Å². The second-order valence-electron chi connectivity index (χ2n) is 16.1. The molecule has 352 valence electrons. The van der Waals surface area contributed by atoms with Crippen LogP contribution in [0, 0.1) is 18.8 Å². The summed E-state index contributed by atoms with van der Waals surface area (Å²) in [6.07, 6.45) is 1.46. The molecule has 7 heteroatoms. The summed E-state index contributed by atoms with van der Waals surface area (Å²) in [5, 5.41) is 1.54. The van der Waals surface area contributed by atoms with Gasteiger partial charge in [-0.15, -0.1) is 48.1 Å². The summed E-state index contributed by atoms with van der Waals surface area (Å²) in [5.74, 6) is 0.668. The number of nitrogens with zero attached hydrogens (tertiary/aromatic N) is 4. The predicted octanol–water partition coefficient (Wildman–Crippen LogP) is 17.4. The number of hydrogen-bond donors (Lipinski definition) is 0. The van der Waals surface area contributed by atoms with Crippen LogP contribution in [0.3, 0.4) is 0 Å². The number of anilines is 4. The van der Waals surface area contributed by atoms with Crippen LogP contribution in [0.15, 0.2) is 254 Å². The molecule has 73 heavy (non-hydrogen) atoms. The van der Waals surface area contributed by atoms with Crippen molar-refractivity contribution >= 4 is 44.6 Å². The van der Waals surface area contributed by atoms with Gasteiger partial charge >= 0.3 is 0 Å². The fourth-order valence-corrected chi connectivity index (χ4v) is 8.90. The van der Waals surface area contributed by atoms with Crippen LogP contribution >= 0.6 is 0 Å². The first-order chi connectivity index (χ1) is 44.0. The number of rotatable bonds is 11. The van der Waals surface area contributed by atoms with Crippen molar-refractivity contribution in [2.24, 2.45) is 0 Å². The van der Waals surface area contributed by atoms with Gasteiger partial charge in [-0.25, -0.2) is 4.98 Å². The van der Waals surface area contributed by atoms with Gasteiger partial charge in [0, 0.05) is 89.7 Å². The van der Waals surface area contributed by atoms with Crippen LogP contribution in [0.5, 0.6) is 23.0 Å². The zero-order valence-corrected chi connectivity index (χ0v) is 40.0. The van der Waals surface area contributed by atoms with Crippen molar-refractivity contribution in [2.75, 3.05) is 9.80 Å². The molecule has 6 nitrogen and oxygen atoms in total. The molecular formula is C66H43N4O2Pt-3. The topological polar surface area (TPSA) is 42.8 Å². The monoisotopic (exact) mass is 1140 g/mol. The van der Waals surface area contributed by atoms with E-state index in [2.05, 4.69) is 12.1 Å². The van der Waals surface area contributed by atoms with E-state index in [9.17, 15) is 0 Å². The molecule has 0 spiro atoms. The van der Waals surface area contributed by atoms with Crippen LogP contribution < -0.4 is 19.3 Å². The van der Waals surface area contributed by atoms with Gasteiger partial charge in [0.15, 0.2) is 0 Å². The third kappa shape index (κ3) is 8.52. The zero-order chi connectivity index (χ0) is 65.2. The minimum atomic E-state index is -0.636. The van der Waals surface area contributed by atoms with Crippen molar-refractivity contribution in [1.29, 1.82) is 0 Å². The molecule has 3 heterocycles. The second-order valence-corrected chi connectivity index (χ2v) is 16.1. The molecular weight excluding hydrogens is 1080 g/mol. The molecule has 0 atom stereocenters. The summed E-state index contributed by atoms with van der Waals surface area (Å²) < 4.78 is 189. The Bertz CT molecular complexity index is 4870. The molecule has 0 fully saturated rings. The Balaban J connectivity index is 0.00000832. The van der Waals surface area contributed by atoms with Gasteiger partial charge in [0.2, 0.25) is 0 Å². The van der Waals surface area contributed by atoms with Crippen LogP contribution in [-0.2, 0) is 21.1 Å². The summed E-state index contributed by atoms with van der Waals surface area (Å²) in [6.45, 7) is 1.67. The first-order valence-corrected chi connectivity index (χ1v) is 22.4. The van der Waals surface area contributed by atoms with Crippen molar-refractivity contribution in [3.05, 3.63) is 273 Å². The van der Waals surface area contributed by atoms with E-state index in [4.69, 9.17) is 41.9 Å². The third-order valence-corrected chi connectivity index (χ3v) is 12.0. The third-order valence-electron chi connectivity index (χ3n) is 12.0. The van der Waals surface area contributed by atoms with E-state index >= 15 is 0 Å². The molecule has 0 radical (unpaired) electrons. The fraction of sp³-hybridized carbons (Fsp3) is 0. The number of aromatic nitrogens is 2. The van der Waals surface area contributed by atoms with Crippen LogP contribution in [0.4, 0.5) is 22.7 Å². The Kier molecular flexibility index (Phi) is 7.59. The molecule has 0 saturated carbocycles. The first kappa shape index (κ1) is 28.2. The van der Waals surface area contributed by atoms with Crippen molar-refractivity contribution < 1.29 is 58.0 Å². The summed E-state index contributed by atoms with van der Waals surface area (Å²) in [7, 11) is 0. The van der Waals surface area contributed by atoms with E-state index in [0.29, 0.717) is 28.1 Å². The molecule has 0 saturated heterocycles. The van der Waals surface area contributed by atoms with Gasteiger partial charge in [-0.1, -0.05) is 193 Å². The Hall–Kier alpha value is -8.96. The maximum absolute atomic E-state index is 9.07. The van der Waals surface area contributed by atoms with Gasteiger partial charge in [0.1, 0.15) is 17.3 Å². The maximum Gasteiger partial charge on any atom is 0.143 e. The minimum Gasteiger partial charge on any atom is -0.509 e. The molecule has 0 unspecified atom stereocenters. The van der Waals surface area contributed by atoms with Crippen molar-refractivity contribution in [3.8, 4) is 73.3 Å². The molecule has 13 rings (SSSR count). The van der Waals surface area contributed by atoms with Crippen molar-refractivity contribution in [1.82, 2.24) is 9.55 Å². The van der Waals surface area contributed by atoms with E-state index < -0.39 is 121 Å². The zero-order valence-electron chi connectivity index (χ0n) is 57.7. The van der Waals surface area contributed by atoms with Gasteiger partial charge in [0.05, 0.1) is 27.4 Å². The summed E-state index contributed by atoms with van der Waals surface area (Å²) >= 11 is 0. The van der Waals surface area contributed by atoms with E-state index in [-0.39, 0.29) is 100 Å². The maximum atomic E-state index is 9.07. The number of fused-ring (bicyclic) bond motifs is 4. The van der Waals surface area contributed by atoms with E-state index in [0.717, 1.165) is 10.8 Å². The van der Waals surface area contributed by atoms with E-state index in [1.165, 1.54) is 36.5 Å². The quantitative estimate of drug-likeness (QED) is 0.121. The van der Waals surface area contributed by atoms with Crippen molar-refractivity contribution in [2.45, 2.75) is 0 Å². The van der Waals surface area contributed by atoms with Gasteiger partial charge in [0.25, 0.3) is 0 Å². The minimum absolute atomic E-state index is 0. The van der Waals surface area contributed by atoms with Crippen LogP contribution in [0.2, 0.25) is 0 Å². The molecule has 12 aromatic rings. The fourth-order valence-electron chi connectivity index (χ4n) is 8.90. The van der Waals surface area contributed by atoms with Crippen LogP contribution in [0.25, 0.3) is 72.1 Å². The predicted molar refractivity (Wildman–Crippen MR) is 292 cm³/mol. The average Bonchev–Trinajstić information content (AvgIpc) is 1.77. The van der Waals surface area contributed by atoms with Crippen LogP contribution in [0.1, 0.15) is 27.4 Å². The van der Waals surface area contributed by atoms with E-state index in [1.807, 2.05) is 41.0 Å². The second kappa shape index (κ2) is 19.7. The van der Waals surface area contributed by atoms with Gasteiger partial charge in [-0.05, 0) is 51.9 Å². The number of ether oxygens (including phenoxy) is 2. The standard InChI is InChI=1S/C66H43N4O2.Pt/c1-5-20-46(21-6-1)54-31-18-32-55(47-22-7-2-8-23-47)65(54)69-45-68(61-36-15-16-37-62(61)69)50-28-17-29-51(42-50)71-52-38-39-59-58-30-13-14-35-60(58)70(63(59)43-52)64-44-53(40-41-67-64)72-66-56(48-24-9-3-10-25-48)33-19-34-57(66)49-26-11-4-12-27-49;/h1-41,44-45H;/q-3;/i1D,2D,3D,4D,5D,6D,7D,8D,9D,10D,11D,12D,20D,21D,22D,23D,24D,25D,26D,27D;. The summed E-state index contributed by atoms with van der Waals surface area (Å²) in [6, 6.07) is 30.6. The molecule has 1 aliphatic rings. The Labute approximate surface area is 467 Å². The van der Waals surface area contributed by atoms with Gasteiger partial charge < -0.3 is 23.8 Å². The number of hydrogen-bond acceptors (Lipinski definition) is 5. The SMILES string of the molecule is [2H]c1c([2H])c([2H])c(-c2cccc(-c3c([2H])c([2H])c([2H])c([2H])c3[2H])c2Oc2ccnc(-n3c4[c-]c(Oc5[c-]c(N6[CH-]N(c7c(-c8c([2H])c([2H])c([2H])c([2H])c8[2H])cccc7-c7c([2H])c([2H])c([2H])c([2H])c7[2H])c7ccccc76)ccc5)ccc4c4ccccc43)c2)c([2H])c1[2H].[Pt]. The molecule has 10 aromatic carbocycles. The van der Waals surface area contributed by atoms with Gasteiger partial charge in [-0.3, -0.25) is 0 Å². The molecule has 0 N–H and O–H groups in total. The molecule has 1 aliphatic heterocycles. The van der Waals surface area contributed by atoms with Gasteiger partial charge in [-0.2, -0.15) is 12.1 Å². The Morgan fingerprint density at radius 1 is 0.466 bits per heavy atom. The Morgan fingerprint density at radius 3 is 1.63 bits per heavy atom. The van der Waals surface area contributed by atoms with Crippen LogP contribution in [-0.4, -0.2) is 9.55 Å². The average molecular weight is 1140 g/mol. The normalized spacial score (nSPS) is 15.7. The summed E-state index contributed by atoms with van der Waals surface area (Å²) in [4.78, 5) is 8.21. The van der Waals surface area contributed by atoms with E-state index in [1.54, 1.807) is 77.1 Å². The Morgan fingerprint density at radius 2 is 1.00 bits per heavy atom. The smallest absolute Gasteiger partial charge is 0.143 e. The summed E-state index contributed by atoms with van der Waals surface area (Å²) in [5.41, 5.74) is 2.11. The molecule has 0 aliphatic carbocycles. The largest absolute Gasteiger partial charge is 0.509 e. The number of benzene rings is 10. The molecule has 2 aromatic heterocycles. The number of pyridine rings is 1. The molecule has 0 bridgehead atoms. The number of para-hydroxylation sites is 5. The first-order valence-electron chi connectivity index (χ1n) is 32.4.